The molecule has 2 fully saturated rings. The highest BCUT2D eigenvalue weighted by Crippen LogP contribution is 2.45. The second-order valence-electron chi connectivity index (χ2n) is 15.4. The zero-order valence-corrected chi connectivity index (χ0v) is 29.9. The summed E-state index contributed by atoms with van der Waals surface area (Å²) in [6, 6.07) is 17.7. The van der Waals surface area contributed by atoms with Crippen molar-refractivity contribution in [2.45, 2.75) is 141 Å². The Morgan fingerprint density at radius 3 is 2.13 bits per heavy atom. The van der Waals surface area contributed by atoms with E-state index in [-0.39, 0.29) is 41.5 Å². The van der Waals surface area contributed by atoms with Gasteiger partial charge in [-0.25, -0.2) is 4.79 Å². The summed E-state index contributed by atoms with van der Waals surface area (Å²) in [6.07, 6.45) is 11.0. The summed E-state index contributed by atoms with van der Waals surface area (Å²) >= 11 is 0. The Hall–Kier alpha value is -2.48. The van der Waals surface area contributed by atoms with E-state index in [0.717, 1.165) is 49.7 Å². The smallest absolute Gasteiger partial charge is 0.338 e. The molecule has 0 aromatic heterocycles. The number of carboxylic acids is 1. The molecule has 0 saturated heterocycles. The van der Waals surface area contributed by atoms with Crippen molar-refractivity contribution >= 4 is 20.3 Å². The van der Waals surface area contributed by atoms with Gasteiger partial charge < -0.3 is 19.4 Å². The lowest BCUT2D eigenvalue weighted by atomic mass is 9.83. The Kier molecular flexibility index (Phi) is 13.1. The fourth-order valence-electron chi connectivity index (χ4n) is 7.37. The van der Waals surface area contributed by atoms with Gasteiger partial charge in [0.15, 0.2) is 8.32 Å². The molecule has 5 atom stereocenters. The lowest BCUT2D eigenvalue weighted by molar-refractivity contribution is -0.137. The van der Waals surface area contributed by atoms with Crippen LogP contribution < -0.4 is 0 Å². The molecule has 2 saturated carbocycles. The van der Waals surface area contributed by atoms with Gasteiger partial charge in [0, 0.05) is 24.9 Å². The second kappa shape index (κ2) is 16.6. The van der Waals surface area contributed by atoms with Crippen LogP contribution in [0, 0.1) is 17.8 Å². The zero-order chi connectivity index (χ0) is 33.3. The maximum atomic E-state index is 13.4. The van der Waals surface area contributed by atoms with Gasteiger partial charge in [-0.1, -0.05) is 95.3 Å². The third kappa shape index (κ3) is 10.0. The number of carboxylic acid groups (broad SMARTS) is 1. The van der Waals surface area contributed by atoms with Crippen LogP contribution in [0.3, 0.4) is 0 Å². The van der Waals surface area contributed by atoms with Crippen molar-refractivity contribution in [1.82, 2.24) is 0 Å². The summed E-state index contributed by atoms with van der Waals surface area (Å²) < 4.78 is 13.3. The topological polar surface area (TPSA) is 93.1 Å². The van der Waals surface area contributed by atoms with Crippen LogP contribution in [0.25, 0.3) is 11.1 Å². The molecule has 7 heteroatoms. The van der Waals surface area contributed by atoms with Crippen molar-refractivity contribution in [3.8, 4) is 11.1 Å². The largest absolute Gasteiger partial charge is 0.481 e. The van der Waals surface area contributed by atoms with E-state index in [1.54, 1.807) is 0 Å². The van der Waals surface area contributed by atoms with Crippen molar-refractivity contribution in [2.75, 3.05) is 0 Å². The minimum atomic E-state index is -1.96. The number of carbonyl (C=O) groups excluding carboxylic acids is 1. The molecule has 2 aromatic carbocycles. The summed E-state index contributed by atoms with van der Waals surface area (Å²) in [6.45, 7) is 11.6. The molecule has 0 bridgehead atoms. The number of rotatable bonds is 16. The monoisotopic (exact) mass is 650 g/mol. The summed E-state index contributed by atoms with van der Waals surface area (Å²) in [5.41, 5.74) is 2.67. The van der Waals surface area contributed by atoms with Gasteiger partial charge in [0.05, 0.1) is 11.7 Å². The van der Waals surface area contributed by atoms with Gasteiger partial charge in [0.2, 0.25) is 0 Å². The number of esters is 1. The van der Waals surface area contributed by atoms with E-state index in [4.69, 9.17) is 14.3 Å². The number of ether oxygens (including phenoxy) is 1. The molecule has 4 rings (SSSR count). The standard InChI is InChI=1S/C39H58O6Si/c1-39(2,3)46(4,5)45-35(30-17-13-14-18-30)26-25-32-33(19-11-6-7-12-20-37(41)42)36(27-34(32)40)44-38(43)31-23-21-29(22-24-31)28-15-9-8-10-16-28/h8-10,15-16,21-24,30,32-36,40H,6-7,11-14,17-20,25-27H2,1-5H3,(H,41,42)/t32-,33-,34?,35?,36+/m1/s1. The van der Waals surface area contributed by atoms with Crippen molar-refractivity contribution < 1.29 is 29.0 Å². The fraction of sp³-hybridized carbons (Fsp3) is 0.641. The normalized spacial score (nSPS) is 23.0. The van der Waals surface area contributed by atoms with Crippen molar-refractivity contribution in [2.24, 2.45) is 17.8 Å². The maximum Gasteiger partial charge on any atom is 0.338 e. The summed E-state index contributed by atoms with van der Waals surface area (Å²) in [4.78, 5) is 24.4. The van der Waals surface area contributed by atoms with Crippen molar-refractivity contribution in [3.05, 3.63) is 60.2 Å². The van der Waals surface area contributed by atoms with Crippen LogP contribution in [-0.2, 0) is 14.0 Å². The van der Waals surface area contributed by atoms with Crippen LogP contribution in [0.15, 0.2) is 54.6 Å². The molecule has 2 aliphatic rings. The van der Waals surface area contributed by atoms with Gasteiger partial charge in [0.1, 0.15) is 6.10 Å². The number of hydrogen-bond acceptors (Lipinski definition) is 5. The molecule has 0 aliphatic heterocycles. The summed E-state index contributed by atoms with van der Waals surface area (Å²) in [5.74, 6) is -0.398. The predicted molar refractivity (Wildman–Crippen MR) is 187 cm³/mol. The van der Waals surface area contributed by atoms with Gasteiger partial charge in [0.25, 0.3) is 0 Å². The first-order valence-electron chi connectivity index (χ1n) is 17.8. The molecule has 46 heavy (non-hydrogen) atoms. The average molecular weight is 651 g/mol. The van der Waals surface area contributed by atoms with E-state index in [1.807, 2.05) is 54.6 Å². The highest BCUT2D eigenvalue weighted by Gasteiger charge is 2.46. The molecule has 0 radical (unpaired) electrons. The molecule has 2 aromatic rings. The number of aliphatic hydroxyl groups is 1. The van der Waals surface area contributed by atoms with E-state index in [2.05, 4.69) is 33.9 Å². The van der Waals surface area contributed by atoms with Gasteiger partial charge in [-0.3, -0.25) is 4.79 Å². The van der Waals surface area contributed by atoms with Gasteiger partial charge in [-0.05, 0) is 91.8 Å². The molecule has 2 unspecified atom stereocenters. The predicted octanol–water partition coefficient (Wildman–Crippen LogP) is 9.66. The number of aliphatic carboxylic acids is 1. The van der Waals surface area contributed by atoms with Gasteiger partial charge in [-0.2, -0.15) is 0 Å². The van der Waals surface area contributed by atoms with E-state index in [9.17, 15) is 14.7 Å². The molecule has 6 nitrogen and oxygen atoms in total. The first-order valence-corrected chi connectivity index (χ1v) is 20.7. The van der Waals surface area contributed by atoms with E-state index in [1.165, 1.54) is 25.7 Å². The molecule has 2 N–H and O–H groups in total. The van der Waals surface area contributed by atoms with Crippen LogP contribution in [0.4, 0.5) is 0 Å². The molecular formula is C39H58O6Si. The number of benzene rings is 2. The Labute approximate surface area is 278 Å². The number of hydrogen-bond donors (Lipinski definition) is 2. The maximum absolute atomic E-state index is 13.4. The highest BCUT2D eigenvalue weighted by molar-refractivity contribution is 6.74. The molecule has 0 amide bonds. The lowest BCUT2D eigenvalue weighted by Crippen LogP contribution is -2.45. The van der Waals surface area contributed by atoms with E-state index in [0.29, 0.717) is 24.3 Å². The van der Waals surface area contributed by atoms with E-state index < -0.39 is 20.4 Å². The van der Waals surface area contributed by atoms with Crippen LogP contribution in [0.5, 0.6) is 0 Å². The van der Waals surface area contributed by atoms with Crippen LogP contribution >= 0.6 is 0 Å². The SMILES string of the molecule is CC(C)(C)[Si](C)(C)OC(CC[C@H]1C(O)C[C@H](OC(=O)c2ccc(-c3ccccc3)cc2)[C@@H]1CCCCCCC(=O)O)C1CCCC1. The average Bonchev–Trinajstić information content (AvgIpc) is 3.65. The molecule has 254 valence electrons. The van der Waals surface area contributed by atoms with Crippen LogP contribution in [0.1, 0.15) is 115 Å². The number of carbonyl (C=O) groups is 2. The van der Waals surface area contributed by atoms with E-state index >= 15 is 0 Å². The van der Waals surface area contributed by atoms with Gasteiger partial charge in [-0.15, -0.1) is 0 Å². The van der Waals surface area contributed by atoms with Crippen LogP contribution in [0.2, 0.25) is 18.1 Å². The summed E-state index contributed by atoms with van der Waals surface area (Å²) in [5, 5.41) is 20.6. The quantitative estimate of drug-likeness (QED) is 0.107. The Morgan fingerprint density at radius 2 is 1.50 bits per heavy atom. The molecule has 0 spiro atoms. The molecular weight excluding hydrogens is 593 g/mol. The lowest BCUT2D eigenvalue weighted by Gasteiger charge is -2.41. The Bertz CT molecular complexity index is 1230. The second-order valence-corrected chi connectivity index (χ2v) is 20.2. The third-order valence-electron chi connectivity index (χ3n) is 11.1. The third-order valence-corrected chi connectivity index (χ3v) is 15.6. The van der Waals surface area contributed by atoms with Crippen LogP contribution in [-0.4, -0.2) is 48.8 Å². The minimum absolute atomic E-state index is 0.0456. The number of aliphatic hydroxyl groups excluding tert-OH is 1. The van der Waals surface area contributed by atoms with Crippen molar-refractivity contribution in [1.29, 1.82) is 0 Å². The molecule has 0 heterocycles. The fourth-order valence-corrected chi connectivity index (χ4v) is 8.79. The Balaban J connectivity index is 1.45. The van der Waals surface area contributed by atoms with Crippen molar-refractivity contribution in [3.63, 3.8) is 0 Å². The molecule has 2 aliphatic carbocycles. The number of unbranched alkanes of at least 4 members (excludes halogenated alkanes) is 3. The zero-order valence-electron chi connectivity index (χ0n) is 28.9. The Morgan fingerprint density at radius 1 is 0.870 bits per heavy atom. The highest BCUT2D eigenvalue weighted by atomic mass is 28.4. The summed E-state index contributed by atoms with van der Waals surface area (Å²) in [7, 11) is -1.96. The first-order chi connectivity index (χ1) is 21.9. The minimum Gasteiger partial charge on any atom is -0.481 e. The van der Waals surface area contributed by atoms with Gasteiger partial charge >= 0.3 is 11.9 Å². The first kappa shape index (κ1) is 36.4.